The van der Waals surface area contributed by atoms with Crippen molar-refractivity contribution in [2.75, 3.05) is 50.1 Å². The zero-order valence-electron chi connectivity index (χ0n) is 19.8. The highest BCUT2D eigenvalue weighted by atomic mass is 19.1. The average Bonchev–Trinajstić information content (AvgIpc) is 3.28. The number of likely N-dealkylation sites (N-methyl/N-ethyl adjacent to an activating group) is 1. The number of ether oxygens (including phenoxy) is 1. The summed E-state index contributed by atoms with van der Waals surface area (Å²) in [5.74, 6) is 0.345. The smallest absolute Gasteiger partial charge is 0.258 e. The molecular weight excluding hydrogens is 405 g/mol. The van der Waals surface area contributed by atoms with Crippen LogP contribution in [0.2, 0.25) is 0 Å². The topological polar surface area (TPSA) is 36.0 Å². The summed E-state index contributed by atoms with van der Waals surface area (Å²) in [7, 11) is 4.12. The normalized spacial score (nSPS) is 15.9. The van der Waals surface area contributed by atoms with Gasteiger partial charge in [0.2, 0.25) is 0 Å². The highest BCUT2D eigenvalue weighted by Gasteiger charge is 2.26. The molecule has 1 atom stereocenters. The van der Waals surface area contributed by atoms with Crippen molar-refractivity contribution in [1.29, 1.82) is 0 Å². The van der Waals surface area contributed by atoms with E-state index in [-0.39, 0.29) is 13.2 Å². The van der Waals surface area contributed by atoms with E-state index in [0.29, 0.717) is 36.1 Å². The molecule has 6 heteroatoms. The third-order valence-corrected chi connectivity index (χ3v) is 6.04. The van der Waals surface area contributed by atoms with Crippen LogP contribution in [0.5, 0.6) is 5.75 Å². The number of benzene rings is 2. The number of amides is 1. The Bertz CT molecular complexity index is 892. The average molecular weight is 444 g/mol. The highest BCUT2D eigenvalue weighted by Crippen LogP contribution is 2.29. The molecule has 0 N–H and O–H groups in total. The Morgan fingerprint density at radius 3 is 2.50 bits per heavy atom. The summed E-state index contributed by atoms with van der Waals surface area (Å²) in [6.07, 6.45) is 3.88. The molecule has 0 radical (unpaired) electrons. The summed E-state index contributed by atoms with van der Waals surface area (Å²) in [6, 6.07) is 12.8. The second-order valence-corrected chi connectivity index (χ2v) is 8.67. The van der Waals surface area contributed by atoms with Crippen LogP contribution in [-0.4, -0.2) is 57.2 Å². The molecule has 32 heavy (non-hydrogen) atoms. The first kappa shape index (κ1) is 24.1. The summed E-state index contributed by atoms with van der Waals surface area (Å²) in [4.78, 5) is 19.2. The fourth-order valence-corrected chi connectivity index (χ4v) is 4.06. The van der Waals surface area contributed by atoms with E-state index in [0.717, 1.165) is 44.5 Å². The van der Waals surface area contributed by atoms with Gasteiger partial charge in [-0.1, -0.05) is 20.3 Å². The third-order valence-electron chi connectivity index (χ3n) is 6.04. The van der Waals surface area contributed by atoms with Crippen molar-refractivity contribution < 1.29 is 15.3 Å². The maximum absolute atomic E-state index is 15.1. The van der Waals surface area contributed by atoms with Crippen LogP contribution in [0.4, 0.5) is 15.8 Å². The Kier molecular flexibility index (Phi) is 8.51. The molecule has 2 aromatic rings. The summed E-state index contributed by atoms with van der Waals surface area (Å²) in [5, 5.41) is 0. The van der Waals surface area contributed by atoms with Crippen LogP contribution in [0.3, 0.4) is 0 Å². The number of rotatable bonds is 10. The van der Waals surface area contributed by atoms with Crippen molar-refractivity contribution in [3.05, 3.63) is 53.8 Å². The lowest BCUT2D eigenvalue weighted by molar-refractivity contribution is 0.0987. The molecule has 1 saturated heterocycles. The molecule has 1 amide bonds. The van der Waals surface area contributed by atoms with Gasteiger partial charge in [0, 0.05) is 38.4 Å². The SMILES string of the molecule is CCCCOc1ccc(C(=O)N(CCC)c2ccc(N3CCC(N(C)C)C3)c(F)c2)cc1.[HH]. The van der Waals surface area contributed by atoms with Crippen molar-refractivity contribution in [3.8, 4) is 5.75 Å². The van der Waals surface area contributed by atoms with Gasteiger partial charge in [-0.2, -0.15) is 0 Å². The number of halogens is 1. The van der Waals surface area contributed by atoms with E-state index >= 15 is 4.39 Å². The van der Waals surface area contributed by atoms with Crippen LogP contribution >= 0.6 is 0 Å². The largest absolute Gasteiger partial charge is 0.494 e. The molecular formula is C26H38FN3O2. The molecule has 0 bridgehead atoms. The standard InChI is InChI=1S/C26H36FN3O2.H2/c1-5-7-17-32-23-11-8-20(9-12-23)26(31)30(15-6-2)21-10-13-25(24(27)18-21)29-16-14-22(19-29)28(3)4;/h8-13,18,22H,5-7,14-17,19H2,1-4H3;1H. The first-order chi connectivity index (χ1) is 15.4. The Morgan fingerprint density at radius 2 is 1.91 bits per heavy atom. The monoisotopic (exact) mass is 443 g/mol. The molecule has 1 unspecified atom stereocenters. The summed E-state index contributed by atoms with van der Waals surface area (Å²) in [5.41, 5.74) is 1.76. The van der Waals surface area contributed by atoms with Crippen LogP contribution in [0, 0.1) is 5.82 Å². The lowest BCUT2D eigenvalue weighted by atomic mass is 10.1. The number of hydrogen-bond donors (Lipinski definition) is 0. The first-order valence-corrected chi connectivity index (χ1v) is 11.7. The van der Waals surface area contributed by atoms with Crippen LogP contribution in [0.15, 0.2) is 42.5 Å². The van der Waals surface area contributed by atoms with Crippen LogP contribution < -0.4 is 14.5 Å². The van der Waals surface area contributed by atoms with Gasteiger partial charge in [-0.05, 0) is 75.8 Å². The van der Waals surface area contributed by atoms with Crippen LogP contribution in [0.1, 0.15) is 51.3 Å². The lowest BCUT2D eigenvalue weighted by Gasteiger charge is -2.25. The third kappa shape index (κ3) is 5.80. The van der Waals surface area contributed by atoms with Crippen molar-refractivity contribution in [2.45, 2.75) is 45.6 Å². The van der Waals surface area contributed by atoms with E-state index in [9.17, 15) is 4.79 Å². The molecule has 0 saturated carbocycles. The van der Waals surface area contributed by atoms with E-state index in [1.807, 2.05) is 31.2 Å². The predicted molar refractivity (Wildman–Crippen MR) is 132 cm³/mol. The zero-order chi connectivity index (χ0) is 23.1. The molecule has 3 rings (SSSR count). The molecule has 1 heterocycles. The number of carbonyl (C=O) groups is 1. The van der Waals surface area contributed by atoms with Crippen LogP contribution in [0.25, 0.3) is 0 Å². The number of hydrogen-bond acceptors (Lipinski definition) is 4. The number of nitrogens with zero attached hydrogens (tertiary/aromatic N) is 3. The van der Waals surface area contributed by atoms with E-state index in [4.69, 9.17) is 4.74 Å². The fraction of sp³-hybridized carbons (Fsp3) is 0.500. The predicted octanol–water partition coefficient (Wildman–Crippen LogP) is 5.45. The van der Waals surface area contributed by atoms with E-state index < -0.39 is 0 Å². The molecule has 5 nitrogen and oxygen atoms in total. The fourth-order valence-electron chi connectivity index (χ4n) is 4.06. The summed E-state index contributed by atoms with van der Waals surface area (Å²) < 4.78 is 20.8. The molecule has 0 spiro atoms. The van der Waals surface area contributed by atoms with Gasteiger partial charge in [0.15, 0.2) is 0 Å². The minimum Gasteiger partial charge on any atom is -0.494 e. The minimum absolute atomic E-state index is 0. The van der Waals surface area contributed by atoms with Gasteiger partial charge in [-0.3, -0.25) is 4.79 Å². The van der Waals surface area contributed by atoms with Gasteiger partial charge < -0.3 is 19.4 Å². The minimum atomic E-state index is -0.282. The second-order valence-electron chi connectivity index (χ2n) is 8.67. The first-order valence-electron chi connectivity index (χ1n) is 11.7. The van der Waals surface area contributed by atoms with Gasteiger partial charge >= 0.3 is 0 Å². The number of carbonyl (C=O) groups excluding carboxylic acids is 1. The highest BCUT2D eigenvalue weighted by molar-refractivity contribution is 6.06. The van der Waals surface area contributed by atoms with E-state index in [1.165, 1.54) is 6.07 Å². The van der Waals surface area contributed by atoms with E-state index in [2.05, 4.69) is 30.8 Å². The summed E-state index contributed by atoms with van der Waals surface area (Å²) in [6.45, 7) is 6.98. The maximum atomic E-state index is 15.1. The number of unbranched alkanes of at least 4 members (excludes halogenated alkanes) is 1. The molecule has 1 fully saturated rings. The second kappa shape index (κ2) is 11.3. The molecule has 0 aromatic heterocycles. The Hall–Kier alpha value is -2.60. The van der Waals surface area contributed by atoms with Gasteiger partial charge in [-0.25, -0.2) is 4.39 Å². The quantitative estimate of drug-likeness (QED) is 0.458. The molecule has 176 valence electrons. The summed E-state index contributed by atoms with van der Waals surface area (Å²) >= 11 is 0. The van der Waals surface area contributed by atoms with Gasteiger partial charge in [0.05, 0.1) is 12.3 Å². The Balaban J connectivity index is 0.00000385. The van der Waals surface area contributed by atoms with Gasteiger partial charge in [0.25, 0.3) is 5.91 Å². The molecule has 1 aliphatic rings. The Labute approximate surface area is 193 Å². The molecule has 0 aliphatic carbocycles. The zero-order valence-corrected chi connectivity index (χ0v) is 19.8. The van der Waals surface area contributed by atoms with Crippen molar-refractivity contribution in [1.82, 2.24) is 4.90 Å². The maximum Gasteiger partial charge on any atom is 0.258 e. The van der Waals surface area contributed by atoms with Crippen LogP contribution in [-0.2, 0) is 0 Å². The van der Waals surface area contributed by atoms with Gasteiger partial charge in [-0.15, -0.1) is 0 Å². The van der Waals surface area contributed by atoms with Gasteiger partial charge in [0.1, 0.15) is 11.6 Å². The Morgan fingerprint density at radius 1 is 1.16 bits per heavy atom. The number of anilines is 2. The van der Waals surface area contributed by atoms with Crippen molar-refractivity contribution in [3.63, 3.8) is 0 Å². The molecule has 1 aliphatic heterocycles. The van der Waals surface area contributed by atoms with Crippen molar-refractivity contribution in [2.24, 2.45) is 0 Å². The van der Waals surface area contributed by atoms with Crippen molar-refractivity contribution >= 4 is 17.3 Å². The van der Waals surface area contributed by atoms with E-state index in [1.54, 1.807) is 17.0 Å². The molecule has 2 aromatic carbocycles. The lowest BCUT2D eigenvalue weighted by Crippen LogP contribution is -2.32.